The number of anilines is 1. The maximum Gasteiger partial charge on any atom is 0.226 e. The molecule has 1 unspecified atom stereocenters. The molecule has 1 N–H and O–H groups in total. The Morgan fingerprint density at radius 1 is 1.29 bits per heavy atom. The Kier molecular flexibility index (Phi) is 2.82. The number of halogens is 1. The largest absolute Gasteiger partial charge is 0.328 e. The predicted octanol–water partition coefficient (Wildman–Crippen LogP) is 2.95. The minimum atomic E-state index is -0.291. The summed E-state index contributed by atoms with van der Waals surface area (Å²) in [5.41, 5.74) is 2.61. The van der Waals surface area contributed by atoms with E-state index in [9.17, 15) is 4.79 Å². The maximum absolute atomic E-state index is 12.5. The van der Waals surface area contributed by atoms with Gasteiger partial charge in [-0.3, -0.25) is 4.79 Å². The molecule has 0 bridgehead atoms. The molecule has 0 saturated heterocycles. The Hall–Kier alpha value is -2.14. The number of carbonyl (C=O) groups excluding carboxylic acids is 1. The van der Waals surface area contributed by atoms with Gasteiger partial charge >= 0.3 is 0 Å². The molecule has 6 heteroatoms. The molecule has 5 nitrogen and oxygen atoms in total. The van der Waals surface area contributed by atoms with E-state index in [2.05, 4.69) is 15.4 Å². The van der Waals surface area contributed by atoms with Gasteiger partial charge < -0.3 is 5.32 Å². The number of benzene rings is 1. The highest BCUT2D eigenvalue weighted by Gasteiger charge is 2.36. The monoisotopic (exact) mass is 300 g/mol. The highest BCUT2D eigenvalue weighted by molar-refractivity contribution is 6.31. The first-order valence-corrected chi connectivity index (χ1v) is 7.30. The number of carbonyl (C=O) groups is 1. The quantitative estimate of drug-likeness (QED) is 0.879. The number of rotatable bonds is 1. The van der Waals surface area contributed by atoms with Gasteiger partial charge in [0, 0.05) is 28.3 Å². The summed E-state index contributed by atoms with van der Waals surface area (Å²) in [5.74, 6) is 0.822. The summed E-state index contributed by atoms with van der Waals surface area (Å²) >= 11 is 6.35. The lowest BCUT2D eigenvalue weighted by Gasteiger charge is -2.32. The van der Waals surface area contributed by atoms with Gasteiger partial charge in [0.15, 0.2) is 5.78 Å². The van der Waals surface area contributed by atoms with Crippen molar-refractivity contribution in [3.05, 3.63) is 52.4 Å². The molecule has 0 amide bonds. The molecule has 0 fully saturated rings. The fourth-order valence-electron chi connectivity index (χ4n) is 3.08. The molecule has 2 heterocycles. The van der Waals surface area contributed by atoms with Crippen molar-refractivity contribution < 1.29 is 4.79 Å². The molecule has 2 aromatic rings. The van der Waals surface area contributed by atoms with Crippen LogP contribution in [0.1, 0.15) is 30.9 Å². The van der Waals surface area contributed by atoms with E-state index in [1.54, 1.807) is 4.68 Å². The van der Waals surface area contributed by atoms with Crippen LogP contribution in [0.15, 0.2) is 41.9 Å². The first kappa shape index (κ1) is 12.6. The first-order valence-electron chi connectivity index (χ1n) is 6.93. The third kappa shape index (κ3) is 1.88. The Balaban J connectivity index is 1.96. The predicted molar refractivity (Wildman–Crippen MR) is 79.1 cm³/mol. The Morgan fingerprint density at radius 3 is 3.00 bits per heavy atom. The Labute approximate surface area is 126 Å². The van der Waals surface area contributed by atoms with Crippen LogP contribution in [0.2, 0.25) is 5.02 Å². The van der Waals surface area contributed by atoms with Gasteiger partial charge in [-0.25, -0.2) is 4.68 Å². The SMILES string of the molecule is O=C1CCCC2=C1C(c1ccccc1Cl)n1ncnc1N2. The van der Waals surface area contributed by atoms with Gasteiger partial charge in [-0.05, 0) is 18.9 Å². The Morgan fingerprint density at radius 2 is 2.14 bits per heavy atom. The van der Waals surface area contributed by atoms with Crippen LogP contribution >= 0.6 is 11.6 Å². The number of Topliss-reactive ketones (excluding diaryl/α,β-unsaturated/α-hetero) is 1. The molecule has 2 aliphatic rings. The second-order valence-corrected chi connectivity index (χ2v) is 5.65. The van der Waals surface area contributed by atoms with Gasteiger partial charge in [-0.15, -0.1) is 0 Å². The fourth-order valence-corrected chi connectivity index (χ4v) is 3.32. The van der Waals surface area contributed by atoms with E-state index in [-0.39, 0.29) is 11.8 Å². The molecule has 106 valence electrons. The summed E-state index contributed by atoms with van der Waals surface area (Å²) in [6.07, 6.45) is 3.80. The summed E-state index contributed by atoms with van der Waals surface area (Å²) in [6, 6.07) is 7.29. The average molecular weight is 301 g/mol. The molecule has 1 aromatic heterocycles. The lowest BCUT2D eigenvalue weighted by atomic mass is 9.85. The number of hydrogen-bond donors (Lipinski definition) is 1. The number of aromatic nitrogens is 3. The van der Waals surface area contributed by atoms with E-state index in [1.807, 2.05) is 24.3 Å². The van der Waals surface area contributed by atoms with Crippen molar-refractivity contribution in [1.29, 1.82) is 0 Å². The molecule has 1 aliphatic heterocycles. The zero-order chi connectivity index (χ0) is 14.4. The lowest BCUT2D eigenvalue weighted by molar-refractivity contribution is -0.116. The molecule has 0 radical (unpaired) electrons. The van der Waals surface area contributed by atoms with E-state index >= 15 is 0 Å². The number of nitrogens with one attached hydrogen (secondary N) is 1. The highest BCUT2D eigenvalue weighted by atomic mass is 35.5. The van der Waals surface area contributed by atoms with Crippen molar-refractivity contribution in [3.8, 4) is 0 Å². The fraction of sp³-hybridized carbons (Fsp3) is 0.267. The van der Waals surface area contributed by atoms with Gasteiger partial charge in [0.25, 0.3) is 0 Å². The van der Waals surface area contributed by atoms with Gasteiger partial charge in [0.1, 0.15) is 12.4 Å². The molecular formula is C15H13ClN4O. The molecule has 4 rings (SSSR count). The molecule has 21 heavy (non-hydrogen) atoms. The van der Waals surface area contributed by atoms with Crippen LogP contribution in [0, 0.1) is 0 Å². The Bertz CT molecular complexity index is 765. The van der Waals surface area contributed by atoms with Crippen LogP contribution in [-0.2, 0) is 4.79 Å². The zero-order valence-electron chi connectivity index (χ0n) is 11.2. The lowest BCUT2D eigenvalue weighted by Crippen LogP contribution is -2.31. The number of ketones is 1. The van der Waals surface area contributed by atoms with Gasteiger partial charge in [0.2, 0.25) is 5.95 Å². The summed E-state index contributed by atoms with van der Waals surface area (Å²) in [5, 5.41) is 8.15. The minimum Gasteiger partial charge on any atom is -0.328 e. The van der Waals surface area contributed by atoms with Crippen molar-refractivity contribution >= 4 is 23.3 Å². The van der Waals surface area contributed by atoms with Gasteiger partial charge in [-0.2, -0.15) is 10.1 Å². The second-order valence-electron chi connectivity index (χ2n) is 5.25. The highest BCUT2D eigenvalue weighted by Crippen LogP contribution is 2.41. The topological polar surface area (TPSA) is 59.8 Å². The minimum absolute atomic E-state index is 0.162. The number of fused-ring (bicyclic) bond motifs is 1. The smallest absolute Gasteiger partial charge is 0.226 e. The van der Waals surface area contributed by atoms with Crippen LogP contribution in [0.4, 0.5) is 5.95 Å². The summed E-state index contributed by atoms with van der Waals surface area (Å²) in [7, 11) is 0. The average Bonchev–Trinajstić information content (AvgIpc) is 2.94. The third-order valence-corrected chi connectivity index (χ3v) is 4.35. The molecule has 0 spiro atoms. The van der Waals surface area contributed by atoms with Crippen molar-refractivity contribution in [2.75, 3.05) is 5.32 Å². The molecule has 1 atom stereocenters. The molecular weight excluding hydrogens is 288 g/mol. The second kappa shape index (κ2) is 4.70. The van der Waals surface area contributed by atoms with E-state index in [0.717, 1.165) is 29.7 Å². The summed E-state index contributed by atoms with van der Waals surface area (Å²) in [6.45, 7) is 0. The van der Waals surface area contributed by atoms with E-state index < -0.39 is 0 Å². The third-order valence-electron chi connectivity index (χ3n) is 4.01. The van der Waals surface area contributed by atoms with E-state index in [1.165, 1.54) is 6.33 Å². The van der Waals surface area contributed by atoms with Gasteiger partial charge in [0.05, 0.1) is 0 Å². The van der Waals surface area contributed by atoms with Crippen molar-refractivity contribution in [1.82, 2.24) is 14.8 Å². The normalized spacial score (nSPS) is 20.8. The van der Waals surface area contributed by atoms with E-state index in [4.69, 9.17) is 11.6 Å². The van der Waals surface area contributed by atoms with Crippen molar-refractivity contribution in [3.63, 3.8) is 0 Å². The summed E-state index contributed by atoms with van der Waals surface area (Å²) < 4.78 is 1.74. The van der Waals surface area contributed by atoms with Crippen LogP contribution in [0.25, 0.3) is 0 Å². The first-order chi connectivity index (χ1) is 10.3. The molecule has 1 aromatic carbocycles. The van der Waals surface area contributed by atoms with Crippen molar-refractivity contribution in [2.45, 2.75) is 25.3 Å². The summed E-state index contributed by atoms with van der Waals surface area (Å²) in [4.78, 5) is 16.7. The number of hydrogen-bond acceptors (Lipinski definition) is 4. The zero-order valence-corrected chi connectivity index (χ0v) is 12.0. The van der Waals surface area contributed by atoms with Crippen LogP contribution < -0.4 is 5.32 Å². The van der Waals surface area contributed by atoms with Crippen LogP contribution in [0.5, 0.6) is 0 Å². The van der Waals surface area contributed by atoms with Gasteiger partial charge in [-0.1, -0.05) is 29.8 Å². The standard InChI is InChI=1S/C15H13ClN4O/c16-10-5-2-1-4-9(10)14-13-11(6-3-7-12(13)21)19-15-17-8-18-20(14)15/h1-2,4-5,8,14H,3,6-7H2,(H,17,18,19). The van der Waals surface area contributed by atoms with Crippen molar-refractivity contribution in [2.24, 2.45) is 0 Å². The van der Waals surface area contributed by atoms with Crippen LogP contribution in [0.3, 0.4) is 0 Å². The van der Waals surface area contributed by atoms with Crippen LogP contribution in [-0.4, -0.2) is 20.5 Å². The molecule has 0 saturated carbocycles. The molecule has 1 aliphatic carbocycles. The van der Waals surface area contributed by atoms with E-state index in [0.29, 0.717) is 17.4 Å². The number of nitrogens with zero attached hydrogens (tertiary/aromatic N) is 3. The number of allylic oxidation sites excluding steroid dienone is 2. The maximum atomic E-state index is 12.5.